The molecule has 0 aliphatic heterocycles. The maximum absolute atomic E-state index is 11.8. The quantitative estimate of drug-likeness (QED) is 0.378. The smallest absolute Gasteiger partial charge is 0.159 e. The Labute approximate surface area is 106 Å². The molecule has 96 valence electrons. The molecular weight excluding hydrogens is 210 g/mol. The highest BCUT2D eigenvalue weighted by Gasteiger charge is 2.20. The first kappa shape index (κ1) is 15.9. The monoisotopic (exact) mass is 235 g/mol. The van der Waals surface area contributed by atoms with Crippen molar-refractivity contribution in [2.45, 2.75) is 46.5 Å². The van der Waals surface area contributed by atoms with Crippen LogP contribution in [0.15, 0.2) is 12.2 Å². The van der Waals surface area contributed by atoms with E-state index in [0.717, 1.165) is 32.4 Å². The van der Waals surface area contributed by atoms with Gasteiger partial charge in [-0.2, -0.15) is 0 Å². The Morgan fingerprint density at radius 3 is 2.59 bits per heavy atom. The Hall–Kier alpha value is -1.07. The number of hydrogen-bond acceptors (Lipinski definition) is 2. The maximum atomic E-state index is 11.8. The second-order valence-electron chi connectivity index (χ2n) is 5.09. The molecule has 0 aliphatic rings. The molecule has 0 amide bonds. The average Bonchev–Trinajstić information content (AvgIpc) is 2.28. The minimum absolute atomic E-state index is 0.100. The van der Waals surface area contributed by atoms with Crippen LogP contribution in [0.2, 0.25) is 0 Å². The van der Waals surface area contributed by atoms with Gasteiger partial charge in [0, 0.05) is 11.8 Å². The van der Waals surface area contributed by atoms with E-state index >= 15 is 0 Å². The molecule has 2 nitrogen and oxygen atoms in total. The summed E-state index contributed by atoms with van der Waals surface area (Å²) in [6.07, 6.45) is 8.62. The summed E-state index contributed by atoms with van der Waals surface area (Å²) in [7, 11) is 0. The molecule has 0 rings (SSSR count). The van der Waals surface area contributed by atoms with E-state index < -0.39 is 0 Å². The lowest BCUT2D eigenvalue weighted by Gasteiger charge is -2.16. The van der Waals surface area contributed by atoms with E-state index in [4.69, 9.17) is 6.42 Å². The van der Waals surface area contributed by atoms with Gasteiger partial charge >= 0.3 is 0 Å². The highest BCUT2D eigenvalue weighted by molar-refractivity contribution is 5.95. The number of carbonyl (C=O) groups excluding carboxylic acids is 1. The van der Waals surface area contributed by atoms with Gasteiger partial charge in [0.25, 0.3) is 0 Å². The number of rotatable bonds is 9. The van der Waals surface area contributed by atoms with E-state index in [-0.39, 0.29) is 11.2 Å². The van der Waals surface area contributed by atoms with Crippen LogP contribution in [-0.4, -0.2) is 18.9 Å². The first-order valence-electron chi connectivity index (χ1n) is 6.32. The van der Waals surface area contributed by atoms with Crippen molar-refractivity contribution in [3.05, 3.63) is 12.2 Å². The lowest BCUT2D eigenvalue weighted by Crippen LogP contribution is -2.18. The second-order valence-corrected chi connectivity index (χ2v) is 5.09. The average molecular weight is 235 g/mol. The van der Waals surface area contributed by atoms with Gasteiger partial charge in [-0.3, -0.25) is 4.79 Å². The minimum Gasteiger partial charge on any atom is -0.317 e. The fourth-order valence-corrected chi connectivity index (χ4v) is 1.45. The van der Waals surface area contributed by atoms with Gasteiger partial charge in [0.2, 0.25) is 0 Å². The molecule has 0 saturated carbocycles. The van der Waals surface area contributed by atoms with Crippen molar-refractivity contribution in [1.82, 2.24) is 5.32 Å². The summed E-state index contributed by atoms with van der Waals surface area (Å²) in [6.45, 7) is 11.8. The van der Waals surface area contributed by atoms with E-state index in [2.05, 4.69) is 24.7 Å². The fourth-order valence-electron chi connectivity index (χ4n) is 1.45. The topological polar surface area (TPSA) is 29.1 Å². The van der Waals surface area contributed by atoms with Crippen molar-refractivity contribution < 1.29 is 4.79 Å². The van der Waals surface area contributed by atoms with E-state index in [0.29, 0.717) is 12.0 Å². The first-order valence-corrected chi connectivity index (χ1v) is 6.32. The molecule has 2 heteroatoms. The van der Waals surface area contributed by atoms with Crippen LogP contribution in [0.1, 0.15) is 46.5 Å². The molecule has 0 bridgehead atoms. The number of hydrogen-bond donors (Lipinski definition) is 1. The molecule has 0 fully saturated rings. The van der Waals surface area contributed by atoms with E-state index in [1.807, 2.05) is 13.8 Å². The molecule has 0 heterocycles. The summed E-state index contributed by atoms with van der Waals surface area (Å²) < 4.78 is 0. The third kappa shape index (κ3) is 7.76. The molecule has 1 N–H and O–H groups in total. The molecule has 0 spiro atoms. The highest BCUT2D eigenvalue weighted by Crippen LogP contribution is 2.21. The SMILES string of the molecule is C#CC(C)(C)CC(=O)C(=C)CCCNCCC. The largest absolute Gasteiger partial charge is 0.317 e. The van der Waals surface area contributed by atoms with Gasteiger partial charge in [0.1, 0.15) is 0 Å². The van der Waals surface area contributed by atoms with Crippen molar-refractivity contribution in [2.24, 2.45) is 5.41 Å². The third-order valence-electron chi connectivity index (χ3n) is 2.65. The van der Waals surface area contributed by atoms with Gasteiger partial charge < -0.3 is 5.32 Å². The predicted molar refractivity (Wildman–Crippen MR) is 73.8 cm³/mol. The van der Waals surface area contributed by atoms with E-state index in [9.17, 15) is 4.79 Å². The van der Waals surface area contributed by atoms with Gasteiger partial charge in [-0.25, -0.2) is 0 Å². The zero-order chi connectivity index (χ0) is 13.3. The normalized spacial score (nSPS) is 10.9. The molecule has 0 saturated heterocycles. The summed E-state index contributed by atoms with van der Waals surface area (Å²) in [5.41, 5.74) is 0.340. The molecule has 0 atom stereocenters. The minimum atomic E-state index is -0.361. The van der Waals surface area contributed by atoms with Crippen LogP contribution in [0.3, 0.4) is 0 Å². The Kier molecular flexibility index (Phi) is 7.58. The van der Waals surface area contributed by atoms with Crippen LogP contribution in [0.5, 0.6) is 0 Å². The lowest BCUT2D eigenvalue weighted by molar-refractivity contribution is -0.116. The van der Waals surface area contributed by atoms with Crippen molar-refractivity contribution in [2.75, 3.05) is 13.1 Å². The molecule has 0 radical (unpaired) electrons. The summed E-state index contributed by atoms with van der Waals surface area (Å²) >= 11 is 0. The second kappa shape index (κ2) is 8.08. The Bertz CT molecular complexity index is 297. The Morgan fingerprint density at radius 1 is 1.41 bits per heavy atom. The first-order chi connectivity index (χ1) is 7.93. The summed E-state index contributed by atoms with van der Waals surface area (Å²) in [5, 5.41) is 3.30. The van der Waals surface area contributed by atoms with Gasteiger partial charge in [-0.1, -0.05) is 13.5 Å². The van der Waals surface area contributed by atoms with Gasteiger partial charge in [0.05, 0.1) is 0 Å². The highest BCUT2D eigenvalue weighted by atomic mass is 16.1. The summed E-state index contributed by atoms with van der Waals surface area (Å²) in [6, 6.07) is 0. The molecule has 0 aromatic rings. The van der Waals surface area contributed by atoms with Crippen LogP contribution in [0.25, 0.3) is 0 Å². The van der Waals surface area contributed by atoms with Gasteiger partial charge in [-0.05, 0) is 51.8 Å². The van der Waals surface area contributed by atoms with Crippen LogP contribution in [0.4, 0.5) is 0 Å². The Morgan fingerprint density at radius 2 is 2.06 bits per heavy atom. The maximum Gasteiger partial charge on any atom is 0.159 e. The predicted octanol–water partition coefficient (Wildman–Crippen LogP) is 2.94. The van der Waals surface area contributed by atoms with Crippen LogP contribution >= 0.6 is 0 Å². The van der Waals surface area contributed by atoms with Crippen LogP contribution in [-0.2, 0) is 4.79 Å². The number of nitrogens with one attached hydrogen (secondary N) is 1. The number of allylic oxidation sites excluding steroid dienone is 1. The van der Waals surface area contributed by atoms with Gasteiger partial charge in [0.15, 0.2) is 5.78 Å². The third-order valence-corrected chi connectivity index (χ3v) is 2.65. The zero-order valence-corrected chi connectivity index (χ0v) is 11.4. The number of terminal acetylenes is 1. The van der Waals surface area contributed by atoms with Crippen molar-refractivity contribution in [3.63, 3.8) is 0 Å². The number of ketones is 1. The molecule has 17 heavy (non-hydrogen) atoms. The summed E-state index contributed by atoms with van der Waals surface area (Å²) in [5.74, 6) is 2.74. The molecular formula is C15H25NO. The van der Waals surface area contributed by atoms with Crippen LogP contribution in [0, 0.1) is 17.8 Å². The van der Waals surface area contributed by atoms with Gasteiger partial charge in [-0.15, -0.1) is 12.3 Å². The van der Waals surface area contributed by atoms with Crippen molar-refractivity contribution in [3.8, 4) is 12.3 Å². The zero-order valence-electron chi connectivity index (χ0n) is 11.4. The van der Waals surface area contributed by atoms with E-state index in [1.54, 1.807) is 0 Å². The molecule has 0 aliphatic carbocycles. The van der Waals surface area contributed by atoms with Crippen LogP contribution < -0.4 is 5.32 Å². The van der Waals surface area contributed by atoms with E-state index in [1.165, 1.54) is 0 Å². The standard InChI is InChI=1S/C15H25NO/c1-6-10-16-11-8-9-13(3)14(17)12-15(4,5)7-2/h2,16H,3,6,8-12H2,1,4-5H3. The van der Waals surface area contributed by atoms with Crippen molar-refractivity contribution in [1.29, 1.82) is 0 Å². The molecule has 0 aromatic heterocycles. The number of carbonyl (C=O) groups is 1. The number of Topliss-reactive ketones (excluding diaryl/α,β-unsaturated/α-hetero) is 1. The van der Waals surface area contributed by atoms with Crippen molar-refractivity contribution >= 4 is 5.78 Å². The lowest BCUT2D eigenvalue weighted by atomic mass is 9.86. The summed E-state index contributed by atoms with van der Waals surface area (Å²) in [4.78, 5) is 11.8. The Balaban J connectivity index is 3.84. The fraction of sp³-hybridized carbons (Fsp3) is 0.667. The molecule has 0 unspecified atom stereocenters. The molecule has 0 aromatic carbocycles.